The van der Waals surface area contributed by atoms with Crippen LogP contribution in [0.15, 0.2) is 65.6 Å². The molecule has 1 heterocycles. The van der Waals surface area contributed by atoms with Crippen molar-refractivity contribution in [1.82, 2.24) is 9.80 Å². The molecular formula is C31H36N3O10S2-. The maximum atomic E-state index is 13.9. The van der Waals surface area contributed by atoms with Gasteiger partial charge in [-0.1, -0.05) is 6.07 Å². The summed E-state index contributed by atoms with van der Waals surface area (Å²) in [6.07, 6.45) is 0.160. The molecule has 0 spiro atoms. The first-order valence-electron chi connectivity index (χ1n) is 14.3. The number of ether oxygens (including phenoxy) is 4. The fraction of sp³-hybridized carbons (Fsp3) is 0.355. The average Bonchev–Trinajstić information content (AvgIpc) is 3.08. The minimum atomic E-state index is -2.91. The van der Waals surface area contributed by atoms with Gasteiger partial charge in [0.05, 0.1) is 37.3 Å². The molecule has 2 unspecified atom stereocenters. The summed E-state index contributed by atoms with van der Waals surface area (Å²) in [6.45, 7) is 1.88. The number of thioether (sulfide) groups is 1. The van der Waals surface area contributed by atoms with Crippen LogP contribution in [0, 0.1) is 0 Å². The van der Waals surface area contributed by atoms with Crippen molar-refractivity contribution < 1.29 is 47.5 Å². The standard InChI is InChI=1S/C31H37N3O10S2/c1-4-42-31(38)33-14-12-32(13-15-33)30(37)21-16-27(34(46(39)40)22-8-10-26(45-3)11-9-22)29(28(17-21)43-20-23(36)19-35)44-25-7-5-6-24(18-25)41-2/h5-11,16-18,23,35-36H,4,12-15,19-20H2,1-3H3,(H,39,40)/p-1. The third-order valence-electron chi connectivity index (χ3n) is 6.95. The molecule has 0 aliphatic carbocycles. The Morgan fingerprint density at radius 2 is 1.72 bits per heavy atom. The molecule has 15 heteroatoms. The molecule has 13 nitrogen and oxygen atoms in total. The normalized spacial score (nSPS) is 14.3. The number of anilines is 2. The average molecular weight is 675 g/mol. The van der Waals surface area contributed by atoms with E-state index in [1.165, 1.54) is 40.8 Å². The molecule has 1 fully saturated rings. The van der Waals surface area contributed by atoms with Crippen LogP contribution in [0.3, 0.4) is 0 Å². The number of carbonyl (C=O) groups is 2. The van der Waals surface area contributed by atoms with Gasteiger partial charge in [0.15, 0.2) is 11.5 Å². The van der Waals surface area contributed by atoms with Crippen molar-refractivity contribution in [2.24, 2.45) is 0 Å². The second-order valence-electron chi connectivity index (χ2n) is 9.94. The summed E-state index contributed by atoms with van der Waals surface area (Å²) in [5.74, 6) is 0.178. The predicted octanol–water partition coefficient (Wildman–Crippen LogP) is 3.79. The van der Waals surface area contributed by atoms with E-state index in [1.54, 1.807) is 55.5 Å². The van der Waals surface area contributed by atoms with Crippen molar-refractivity contribution in [3.63, 3.8) is 0 Å². The number of methoxy groups -OCH3 is 1. The largest absolute Gasteiger partial charge is 0.755 e. The Labute approximate surface area is 274 Å². The first kappa shape index (κ1) is 34.8. The third-order valence-corrected chi connectivity index (χ3v) is 8.40. The van der Waals surface area contributed by atoms with E-state index in [-0.39, 0.29) is 73.6 Å². The Balaban J connectivity index is 1.84. The third kappa shape index (κ3) is 8.61. The summed E-state index contributed by atoms with van der Waals surface area (Å²) in [4.78, 5) is 30.0. The summed E-state index contributed by atoms with van der Waals surface area (Å²) < 4.78 is 49.3. The molecule has 248 valence electrons. The van der Waals surface area contributed by atoms with Gasteiger partial charge in [-0.05, 0) is 61.7 Å². The predicted molar refractivity (Wildman–Crippen MR) is 172 cm³/mol. The van der Waals surface area contributed by atoms with Gasteiger partial charge in [0.1, 0.15) is 29.9 Å². The fourth-order valence-corrected chi connectivity index (χ4v) is 5.60. The van der Waals surface area contributed by atoms with E-state index in [0.29, 0.717) is 5.75 Å². The Morgan fingerprint density at radius 3 is 2.33 bits per heavy atom. The SMILES string of the molecule is CCOC(=O)N1CCN(C(=O)c2cc(OCC(O)CO)c(Oc3cccc(OC)c3)c(N(c3ccc(SC)cc3)S(=O)[O-])c2)CC1. The van der Waals surface area contributed by atoms with E-state index in [2.05, 4.69) is 0 Å². The number of aliphatic hydroxyl groups is 2. The lowest BCUT2D eigenvalue weighted by atomic mass is 10.1. The van der Waals surface area contributed by atoms with Crippen LogP contribution < -0.4 is 18.5 Å². The topological polar surface area (TPSA) is 161 Å². The van der Waals surface area contributed by atoms with Gasteiger partial charge in [-0.15, -0.1) is 11.8 Å². The quantitative estimate of drug-likeness (QED) is 0.201. The van der Waals surface area contributed by atoms with E-state index in [1.807, 2.05) is 6.26 Å². The van der Waals surface area contributed by atoms with E-state index in [9.17, 15) is 28.6 Å². The van der Waals surface area contributed by atoms with Crippen LogP contribution in [0.2, 0.25) is 0 Å². The Morgan fingerprint density at radius 1 is 1.04 bits per heavy atom. The van der Waals surface area contributed by atoms with E-state index in [4.69, 9.17) is 18.9 Å². The van der Waals surface area contributed by atoms with Gasteiger partial charge in [-0.25, -0.2) is 4.79 Å². The van der Waals surface area contributed by atoms with Crippen LogP contribution >= 0.6 is 11.8 Å². The molecule has 2 amide bonds. The summed E-state index contributed by atoms with van der Waals surface area (Å²) >= 11 is -1.42. The molecule has 1 aliphatic heterocycles. The van der Waals surface area contributed by atoms with Crippen LogP contribution in [-0.4, -0.2) is 106 Å². The van der Waals surface area contributed by atoms with Gasteiger partial charge in [-0.2, -0.15) is 0 Å². The summed E-state index contributed by atoms with van der Waals surface area (Å²) in [7, 11) is 1.49. The molecule has 2 atom stereocenters. The minimum Gasteiger partial charge on any atom is -0.755 e. The summed E-state index contributed by atoms with van der Waals surface area (Å²) in [5.41, 5.74) is 0.287. The highest BCUT2D eigenvalue weighted by Gasteiger charge is 2.29. The first-order chi connectivity index (χ1) is 22.2. The second-order valence-corrected chi connectivity index (χ2v) is 11.6. The van der Waals surface area contributed by atoms with Gasteiger partial charge >= 0.3 is 6.09 Å². The zero-order valence-corrected chi connectivity index (χ0v) is 27.3. The molecule has 2 N–H and O–H groups in total. The number of benzene rings is 3. The maximum Gasteiger partial charge on any atom is 0.409 e. The smallest absolute Gasteiger partial charge is 0.409 e. The number of carbonyl (C=O) groups excluding carboxylic acids is 2. The minimum absolute atomic E-state index is 0.0439. The van der Waals surface area contributed by atoms with Crippen LogP contribution in [-0.2, 0) is 16.0 Å². The number of rotatable bonds is 13. The molecule has 3 aromatic rings. The van der Waals surface area contributed by atoms with Crippen molar-refractivity contribution in [2.45, 2.75) is 17.9 Å². The first-order valence-corrected chi connectivity index (χ1v) is 16.6. The van der Waals surface area contributed by atoms with Crippen molar-refractivity contribution in [3.8, 4) is 23.0 Å². The number of aliphatic hydroxyl groups excluding tert-OH is 2. The molecule has 0 bridgehead atoms. The summed E-state index contributed by atoms with van der Waals surface area (Å²) in [6, 6.07) is 16.2. The van der Waals surface area contributed by atoms with Gasteiger partial charge in [0.25, 0.3) is 5.91 Å². The van der Waals surface area contributed by atoms with Crippen LogP contribution in [0.5, 0.6) is 23.0 Å². The van der Waals surface area contributed by atoms with Crippen LogP contribution in [0.25, 0.3) is 0 Å². The highest BCUT2D eigenvalue weighted by atomic mass is 32.2. The zero-order valence-electron chi connectivity index (χ0n) is 25.6. The summed E-state index contributed by atoms with van der Waals surface area (Å²) in [5, 5.41) is 19.5. The second kappa shape index (κ2) is 16.5. The Hall–Kier alpha value is -4.02. The van der Waals surface area contributed by atoms with Crippen LogP contribution in [0.4, 0.5) is 16.2 Å². The van der Waals surface area contributed by atoms with Crippen molar-refractivity contribution >= 4 is 46.4 Å². The van der Waals surface area contributed by atoms with Crippen molar-refractivity contribution in [3.05, 3.63) is 66.2 Å². The number of piperazine rings is 1. The van der Waals surface area contributed by atoms with Gasteiger partial charge in [0, 0.05) is 42.7 Å². The van der Waals surface area contributed by atoms with E-state index < -0.39 is 36.0 Å². The molecule has 4 rings (SSSR count). The van der Waals surface area contributed by atoms with Gasteiger partial charge < -0.3 is 43.5 Å². The van der Waals surface area contributed by atoms with E-state index in [0.717, 1.165) is 9.20 Å². The van der Waals surface area contributed by atoms with Gasteiger partial charge in [0.2, 0.25) is 0 Å². The number of hydrogen-bond donors (Lipinski definition) is 2. The molecule has 1 saturated heterocycles. The highest BCUT2D eigenvalue weighted by Crippen LogP contribution is 2.46. The van der Waals surface area contributed by atoms with Crippen molar-refractivity contribution in [1.29, 1.82) is 0 Å². The fourth-order valence-electron chi connectivity index (χ4n) is 4.61. The van der Waals surface area contributed by atoms with Crippen LogP contribution in [0.1, 0.15) is 17.3 Å². The highest BCUT2D eigenvalue weighted by molar-refractivity contribution is 7.98. The van der Waals surface area contributed by atoms with E-state index >= 15 is 0 Å². The molecule has 0 radical (unpaired) electrons. The molecule has 3 aromatic carbocycles. The molecule has 1 aliphatic rings. The monoisotopic (exact) mass is 674 g/mol. The van der Waals surface area contributed by atoms with Crippen molar-refractivity contribution in [2.75, 3.05) is 63.7 Å². The molecule has 0 aromatic heterocycles. The van der Waals surface area contributed by atoms with Gasteiger partial charge in [-0.3, -0.25) is 13.3 Å². The lowest BCUT2D eigenvalue weighted by Gasteiger charge is -2.34. The maximum absolute atomic E-state index is 13.9. The lowest BCUT2D eigenvalue weighted by Crippen LogP contribution is -2.50. The molecular weight excluding hydrogens is 638 g/mol. The Kier molecular flexibility index (Phi) is 12.5. The number of hydrogen-bond acceptors (Lipinski definition) is 11. The zero-order chi connectivity index (χ0) is 33.2. The Bertz CT molecular complexity index is 1520. The number of nitrogens with zero attached hydrogens (tertiary/aromatic N) is 3. The molecule has 0 saturated carbocycles. The lowest BCUT2D eigenvalue weighted by molar-refractivity contribution is 0.0525. The molecule has 46 heavy (non-hydrogen) atoms. The number of amides is 2.